The van der Waals surface area contributed by atoms with E-state index in [2.05, 4.69) is 0 Å². The minimum Gasteiger partial charge on any atom is -0.480 e. The van der Waals surface area contributed by atoms with Crippen molar-refractivity contribution in [3.05, 3.63) is 35.6 Å². The number of benzene rings is 1. The molecule has 0 bridgehead atoms. The molecule has 14 heavy (non-hydrogen) atoms. The Labute approximate surface area is 86.1 Å². The summed E-state index contributed by atoms with van der Waals surface area (Å²) in [6, 6.07) is 6.08. The SMILES string of the molecule is C[C@@H](SCc1ccc(F)cc1)C(=O)O. The van der Waals surface area contributed by atoms with Crippen molar-refractivity contribution in [2.45, 2.75) is 17.9 Å². The summed E-state index contributed by atoms with van der Waals surface area (Å²) in [7, 11) is 0. The Hall–Kier alpha value is -1.03. The van der Waals surface area contributed by atoms with E-state index in [9.17, 15) is 9.18 Å². The minimum atomic E-state index is -0.822. The fourth-order valence-corrected chi connectivity index (χ4v) is 1.65. The summed E-state index contributed by atoms with van der Waals surface area (Å²) < 4.78 is 12.5. The average molecular weight is 214 g/mol. The lowest BCUT2D eigenvalue weighted by Gasteiger charge is -2.05. The van der Waals surface area contributed by atoms with Crippen molar-refractivity contribution in [2.24, 2.45) is 0 Å². The summed E-state index contributed by atoms with van der Waals surface area (Å²) >= 11 is 1.32. The Kier molecular flexibility index (Phi) is 3.95. The maximum absolute atomic E-state index is 12.5. The molecule has 1 aromatic rings. The molecule has 0 amide bonds. The maximum Gasteiger partial charge on any atom is 0.316 e. The predicted molar refractivity (Wildman–Crippen MR) is 54.8 cm³/mol. The van der Waals surface area contributed by atoms with Crippen molar-refractivity contribution in [3.63, 3.8) is 0 Å². The summed E-state index contributed by atoms with van der Waals surface area (Å²) in [4.78, 5) is 10.5. The number of hydrogen-bond donors (Lipinski definition) is 1. The molecule has 0 aliphatic rings. The monoisotopic (exact) mass is 214 g/mol. The molecule has 0 unspecified atom stereocenters. The van der Waals surface area contributed by atoms with Gasteiger partial charge >= 0.3 is 5.97 Å². The van der Waals surface area contributed by atoms with Gasteiger partial charge in [-0.05, 0) is 24.6 Å². The van der Waals surface area contributed by atoms with Crippen LogP contribution in [0.5, 0.6) is 0 Å². The number of carboxylic acids is 1. The predicted octanol–water partition coefficient (Wildman–Crippen LogP) is 2.53. The number of hydrogen-bond acceptors (Lipinski definition) is 2. The third-order valence-electron chi connectivity index (χ3n) is 1.76. The molecule has 1 aromatic carbocycles. The van der Waals surface area contributed by atoms with Crippen LogP contribution in [0.15, 0.2) is 24.3 Å². The zero-order chi connectivity index (χ0) is 10.6. The van der Waals surface area contributed by atoms with Gasteiger partial charge in [-0.15, -0.1) is 11.8 Å². The third kappa shape index (κ3) is 3.38. The lowest BCUT2D eigenvalue weighted by atomic mass is 10.2. The molecule has 0 spiro atoms. The number of carbonyl (C=O) groups is 1. The van der Waals surface area contributed by atoms with Gasteiger partial charge in [0.1, 0.15) is 5.82 Å². The van der Waals surface area contributed by atoms with Crippen LogP contribution in [-0.4, -0.2) is 16.3 Å². The lowest BCUT2D eigenvalue weighted by molar-refractivity contribution is -0.136. The molecule has 0 aliphatic heterocycles. The van der Waals surface area contributed by atoms with Gasteiger partial charge < -0.3 is 5.11 Å². The number of rotatable bonds is 4. The first kappa shape index (κ1) is 11.0. The van der Waals surface area contributed by atoms with Crippen molar-refractivity contribution in [1.29, 1.82) is 0 Å². The highest BCUT2D eigenvalue weighted by Gasteiger charge is 2.10. The van der Waals surface area contributed by atoms with Crippen LogP contribution in [-0.2, 0) is 10.5 Å². The molecule has 0 saturated carbocycles. The summed E-state index contributed by atoms with van der Waals surface area (Å²) in [5.74, 6) is -0.504. The van der Waals surface area contributed by atoms with Crippen LogP contribution in [0, 0.1) is 5.82 Å². The zero-order valence-corrected chi connectivity index (χ0v) is 8.55. The molecule has 0 heterocycles. The van der Waals surface area contributed by atoms with Crippen LogP contribution in [0.2, 0.25) is 0 Å². The van der Waals surface area contributed by atoms with Crippen molar-refractivity contribution < 1.29 is 14.3 Å². The number of thioether (sulfide) groups is 1. The lowest BCUT2D eigenvalue weighted by Crippen LogP contribution is -2.11. The number of halogens is 1. The van der Waals surface area contributed by atoms with Crippen LogP contribution in [0.4, 0.5) is 4.39 Å². The van der Waals surface area contributed by atoms with Crippen LogP contribution in [0.1, 0.15) is 12.5 Å². The van der Waals surface area contributed by atoms with Crippen molar-refractivity contribution in [3.8, 4) is 0 Å². The van der Waals surface area contributed by atoms with Crippen molar-refractivity contribution in [1.82, 2.24) is 0 Å². The average Bonchev–Trinajstić information content (AvgIpc) is 2.16. The summed E-state index contributed by atoms with van der Waals surface area (Å²) in [6.45, 7) is 1.64. The van der Waals surface area contributed by atoms with Gasteiger partial charge in [0.05, 0.1) is 5.25 Å². The largest absolute Gasteiger partial charge is 0.480 e. The number of carboxylic acid groups (broad SMARTS) is 1. The molecule has 1 atom stereocenters. The summed E-state index contributed by atoms with van der Waals surface area (Å²) in [5.41, 5.74) is 0.935. The fourth-order valence-electron chi connectivity index (χ4n) is 0.873. The first-order valence-corrected chi connectivity index (χ1v) is 5.23. The normalized spacial score (nSPS) is 12.4. The first-order valence-electron chi connectivity index (χ1n) is 4.18. The second-order valence-corrected chi connectivity index (χ2v) is 4.25. The molecule has 0 saturated heterocycles. The molecule has 1 rings (SSSR count). The molecule has 76 valence electrons. The van der Waals surface area contributed by atoms with E-state index in [1.54, 1.807) is 19.1 Å². The van der Waals surface area contributed by atoms with E-state index >= 15 is 0 Å². The zero-order valence-electron chi connectivity index (χ0n) is 7.74. The first-order chi connectivity index (χ1) is 6.59. The van der Waals surface area contributed by atoms with E-state index in [1.807, 2.05) is 0 Å². The molecule has 1 N–H and O–H groups in total. The van der Waals surface area contributed by atoms with Gasteiger partial charge in [0.25, 0.3) is 0 Å². The number of aliphatic carboxylic acids is 1. The Bertz CT molecular complexity index is 310. The Morgan fingerprint density at radius 3 is 2.57 bits per heavy atom. The van der Waals surface area contributed by atoms with Gasteiger partial charge in [0, 0.05) is 5.75 Å². The van der Waals surface area contributed by atoms with Crippen LogP contribution in [0.3, 0.4) is 0 Å². The smallest absolute Gasteiger partial charge is 0.316 e. The van der Waals surface area contributed by atoms with Crippen LogP contribution in [0.25, 0.3) is 0 Å². The standard InChI is InChI=1S/C10H11FO2S/c1-7(10(12)13)14-6-8-2-4-9(11)5-3-8/h2-5,7H,6H2,1H3,(H,12,13)/t7-/m1/s1. The van der Waals surface area contributed by atoms with Gasteiger partial charge in [0.2, 0.25) is 0 Å². The second-order valence-electron chi connectivity index (χ2n) is 2.92. The van der Waals surface area contributed by atoms with E-state index in [0.29, 0.717) is 5.75 Å². The molecule has 0 fully saturated rings. The van der Waals surface area contributed by atoms with E-state index in [-0.39, 0.29) is 5.82 Å². The highest BCUT2D eigenvalue weighted by molar-refractivity contribution is 7.99. The highest BCUT2D eigenvalue weighted by atomic mass is 32.2. The van der Waals surface area contributed by atoms with Crippen molar-refractivity contribution >= 4 is 17.7 Å². The molecular weight excluding hydrogens is 203 g/mol. The Balaban J connectivity index is 2.46. The van der Waals surface area contributed by atoms with Gasteiger partial charge in [-0.1, -0.05) is 12.1 Å². The third-order valence-corrected chi connectivity index (χ3v) is 2.96. The minimum absolute atomic E-state index is 0.273. The van der Waals surface area contributed by atoms with Gasteiger partial charge in [-0.3, -0.25) is 4.79 Å². The van der Waals surface area contributed by atoms with Crippen LogP contribution >= 0.6 is 11.8 Å². The summed E-state index contributed by atoms with van der Waals surface area (Å²) in [6.07, 6.45) is 0. The maximum atomic E-state index is 12.5. The topological polar surface area (TPSA) is 37.3 Å². The Morgan fingerprint density at radius 2 is 2.07 bits per heavy atom. The molecule has 0 aliphatic carbocycles. The second kappa shape index (κ2) is 5.00. The molecule has 0 radical (unpaired) electrons. The van der Waals surface area contributed by atoms with E-state index in [0.717, 1.165) is 5.56 Å². The van der Waals surface area contributed by atoms with E-state index < -0.39 is 11.2 Å². The van der Waals surface area contributed by atoms with Crippen LogP contribution < -0.4 is 0 Å². The quantitative estimate of drug-likeness (QED) is 0.836. The molecular formula is C10H11FO2S. The summed E-state index contributed by atoms with van der Waals surface area (Å²) in [5, 5.41) is 8.19. The van der Waals surface area contributed by atoms with Gasteiger partial charge in [-0.25, -0.2) is 4.39 Å². The Morgan fingerprint density at radius 1 is 1.50 bits per heavy atom. The van der Waals surface area contributed by atoms with Gasteiger partial charge in [-0.2, -0.15) is 0 Å². The highest BCUT2D eigenvalue weighted by Crippen LogP contribution is 2.17. The van der Waals surface area contributed by atoms with E-state index in [1.165, 1.54) is 23.9 Å². The fraction of sp³-hybridized carbons (Fsp3) is 0.300. The van der Waals surface area contributed by atoms with Gasteiger partial charge in [0.15, 0.2) is 0 Å². The molecule has 4 heteroatoms. The van der Waals surface area contributed by atoms with E-state index in [4.69, 9.17) is 5.11 Å². The van der Waals surface area contributed by atoms with Crippen molar-refractivity contribution in [2.75, 3.05) is 0 Å². The molecule has 2 nitrogen and oxygen atoms in total. The molecule has 0 aromatic heterocycles.